The second-order valence-corrected chi connectivity index (χ2v) is 12.4. The molecule has 0 aliphatic heterocycles. The number of para-hydroxylation sites is 2. The highest BCUT2D eigenvalue weighted by atomic mass is 16.3. The molecule has 0 saturated carbocycles. The van der Waals surface area contributed by atoms with Crippen LogP contribution in [0.4, 0.5) is 17.1 Å². The highest BCUT2D eigenvalue weighted by Crippen LogP contribution is 2.46. The Labute approximate surface area is 317 Å². The highest BCUT2D eigenvalue weighted by Gasteiger charge is 2.21. The zero-order valence-electron chi connectivity index (χ0n) is 38.6. The molecule has 0 bridgehead atoms. The van der Waals surface area contributed by atoms with Crippen molar-refractivity contribution in [1.82, 2.24) is 0 Å². The van der Waals surface area contributed by atoms with Crippen molar-refractivity contribution in [2.75, 3.05) is 4.90 Å². The van der Waals surface area contributed by atoms with E-state index < -0.39 is 72.0 Å². The van der Waals surface area contributed by atoms with E-state index in [4.69, 9.17) is 14.0 Å². The fraction of sp³-hybridized carbons (Fsp3) is 0. The molecular formula is C50H33NO. The molecule has 2 heteroatoms. The Bertz CT molecular complexity index is 3510. The third-order valence-corrected chi connectivity index (χ3v) is 9.44. The van der Waals surface area contributed by atoms with Crippen LogP contribution in [0.5, 0.6) is 0 Å². The molecule has 0 atom stereocenters. The Morgan fingerprint density at radius 2 is 1.10 bits per heavy atom. The van der Waals surface area contributed by atoms with Crippen LogP contribution in [0.3, 0.4) is 0 Å². The molecule has 0 spiro atoms. The Kier molecular flexibility index (Phi) is 4.96. The van der Waals surface area contributed by atoms with E-state index in [0.29, 0.717) is 22.5 Å². The van der Waals surface area contributed by atoms with E-state index in [2.05, 4.69) is 6.07 Å². The van der Waals surface area contributed by atoms with Crippen molar-refractivity contribution in [3.63, 3.8) is 0 Å². The molecule has 0 aliphatic rings. The van der Waals surface area contributed by atoms with Gasteiger partial charge in [0.2, 0.25) is 0 Å². The van der Waals surface area contributed by atoms with Gasteiger partial charge in [0.15, 0.2) is 0 Å². The first kappa shape index (κ1) is 20.7. The van der Waals surface area contributed by atoms with Gasteiger partial charge in [-0.15, -0.1) is 0 Å². The van der Waals surface area contributed by atoms with E-state index in [9.17, 15) is 5.48 Å². The molecule has 1 heterocycles. The lowest BCUT2D eigenvalue weighted by Crippen LogP contribution is -2.12. The topological polar surface area (TPSA) is 16.4 Å². The van der Waals surface area contributed by atoms with Crippen molar-refractivity contribution in [3.05, 3.63) is 200 Å². The van der Waals surface area contributed by atoms with Crippen LogP contribution in [-0.2, 0) is 0 Å². The third kappa shape index (κ3) is 5.04. The van der Waals surface area contributed by atoms with Gasteiger partial charge in [-0.3, -0.25) is 0 Å². The summed E-state index contributed by atoms with van der Waals surface area (Å²) in [5, 5.41) is 3.19. The molecule has 10 rings (SSSR count). The van der Waals surface area contributed by atoms with Crippen molar-refractivity contribution in [3.8, 4) is 33.4 Å². The van der Waals surface area contributed by atoms with Gasteiger partial charge >= 0.3 is 0 Å². The fourth-order valence-corrected chi connectivity index (χ4v) is 7.03. The summed E-state index contributed by atoms with van der Waals surface area (Å²) in [6, 6.07) is 36.0. The smallest absolute Gasteiger partial charge is 0.143 e. The van der Waals surface area contributed by atoms with Gasteiger partial charge in [-0.2, -0.15) is 0 Å². The fourth-order valence-electron chi connectivity index (χ4n) is 7.03. The zero-order chi connectivity index (χ0) is 44.0. The first-order chi connectivity index (χ1) is 30.4. The van der Waals surface area contributed by atoms with Gasteiger partial charge in [0.05, 0.1) is 26.5 Å². The highest BCUT2D eigenvalue weighted by molar-refractivity contribution is 6.15. The Balaban J connectivity index is 1.27. The third-order valence-electron chi connectivity index (χ3n) is 9.44. The Morgan fingerprint density at radius 3 is 1.92 bits per heavy atom. The minimum Gasteiger partial charge on any atom is -0.455 e. The van der Waals surface area contributed by atoms with E-state index >= 15 is 0 Å². The van der Waals surface area contributed by atoms with Crippen molar-refractivity contribution < 1.29 is 19.5 Å². The van der Waals surface area contributed by atoms with Gasteiger partial charge in [0.25, 0.3) is 0 Å². The number of fused-ring (bicyclic) bond motifs is 6. The number of hydrogen-bond acceptors (Lipinski definition) is 2. The molecule has 0 N–H and O–H groups in total. The van der Waals surface area contributed by atoms with Crippen molar-refractivity contribution in [2.45, 2.75) is 0 Å². The van der Waals surface area contributed by atoms with E-state index in [-0.39, 0.29) is 22.0 Å². The second-order valence-electron chi connectivity index (χ2n) is 12.4. The van der Waals surface area contributed by atoms with Gasteiger partial charge in [0.1, 0.15) is 11.2 Å². The maximum Gasteiger partial charge on any atom is 0.143 e. The largest absolute Gasteiger partial charge is 0.455 e. The van der Waals surface area contributed by atoms with Crippen molar-refractivity contribution in [2.24, 2.45) is 0 Å². The van der Waals surface area contributed by atoms with E-state index in [1.54, 1.807) is 4.90 Å². The average Bonchev–Trinajstić information content (AvgIpc) is 3.70. The maximum absolute atomic E-state index is 9.75. The molecule has 0 unspecified atom stereocenters. The quantitative estimate of drug-likeness (QED) is 0.175. The van der Waals surface area contributed by atoms with Crippen LogP contribution in [0, 0.1) is 0 Å². The summed E-state index contributed by atoms with van der Waals surface area (Å²) in [7, 11) is 0. The molecular weight excluding hydrogens is 631 g/mol. The van der Waals surface area contributed by atoms with E-state index in [1.165, 1.54) is 0 Å². The second kappa shape index (κ2) is 12.5. The molecule has 10 aromatic rings. The molecule has 2 nitrogen and oxygen atoms in total. The Morgan fingerprint density at radius 1 is 0.404 bits per heavy atom. The summed E-state index contributed by atoms with van der Waals surface area (Å²) in [4.78, 5) is 1.71. The van der Waals surface area contributed by atoms with Gasteiger partial charge in [-0.1, -0.05) is 158 Å². The van der Waals surface area contributed by atoms with Gasteiger partial charge < -0.3 is 9.32 Å². The molecule has 1 aromatic heterocycles. The maximum atomic E-state index is 9.75. The number of anilines is 3. The molecule has 0 fully saturated rings. The van der Waals surface area contributed by atoms with Crippen molar-refractivity contribution in [1.29, 1.82) is 0 Å². The lowest BCUT2D eigenvalue weighted by molar-refractivity contribution is 0.672. The minimum atomic E-state index is -0.675. The predicted molar refractivity (Wildman–Crippen MR) is 220 cm³/mol. The van der Waals surface area contributed by atoms with E-state index in [1.807, 2.05) is 127 Å². The lowest BCUT2D eigenvalue weighted by atomic mass is 9.96. The first-order valence-electron chi connectivity index (χ1n) is 22.4. The van der Waals surface area contributed by atoms with Crippen LogP contribution in [-0.4, -0.2) is 0 Å². The van der Waals surface area contributed by atoms with Gasteiger partial charge in [-0.25, -0.2) is 0 Å². The predicted octanol–water partition coefficient (Wildman–Crippen LogP) is 14.4. The standard InChI is InChI=1S/C50H33NO/c1-2-13-35(14-3-1)42-19-8-10-23-47(42)51(39-29-25-37(26-30-39)41-22-12-17-34-15-4-6-18-40(34)41)48-24-11-9-20-43(48)38-28-32-49-46(33-38)45-31-27-36-16-5-7-21-44(36)50(45)52-49/h1-33H/i4D,6D,12D,15D,17D,18D,22D,25D,26D,29D,30D. The number of nitrogens with zero attached hydrogens (tertiary/aromatic N) is 1. The molecule has 244 valence electrons. The lowest BCUT2D eigenvalue weighted by Gasteiger charge is -2.30. The number of rotatable bonds is 6. The van der Waals surface area contributed by atoms with Crippen molar-refractivity contribution >= 4 is 60.5 Å². The van der Waals surface area contributed by atoms with Crippen LogP contribution < -0.4 is 4.90 Å². The van der Waals surface area contributed by atoms with Gasteiger partial charge in [0, 0.05) is 33.0 Å². The number of hydrogen-bond donors (Lipinski definition) is 0. The van der Waals surface area contributed by atoms with Crippen LogP contribution >= 0.6 is 0 Å². The zero-order valence-corrected chi connectivity index (χ0v) is 27.6. The van der Waals surface area contributed by atoms with Gasteiger partial charge in [-0.05, 0) is 80.8 Å². The SMILES string of the molecule is [2H]c1c([2H])c(N(c2ccccc2-c2ccccc2)c2ccccc2-c2ccc3oc4c5ccccc5ccc4c3c2)c([2H])c([2H])c1-c1c([2H])c([2H])c([2H])c2c([2H])c([2H])c([2H])c([2H])c12. The molecule has 0 amide bonds. The Hall–Kier alpha value is -6.90. The van der Waals surface area contributed by atoms with Crippen LogP contribution in [0.1, 0.15) is 15.1 Å². The van der Waals surface area contributed by atoms with E-state index in [0.717, 1.165) is 43.8 Å². The molecule has 9 aromatic carbocycles. The molecule has 0 radical (unpaired) electrons. The summed E-state index contributed by atoms with van der Waals surface area (Å²) in [6.07, 6.45) is 0. The summed E-state index contributed by atoms with van der Waals surface area (Å²) in [5.74, 6) is 0. The summed E-state index contributed by atoms with van der Waals surface area (Å²) >= 11 is 0. The van der Waals surface area contributed by atoms with Crippen LogP contribution in [0.15, 0.2) is 204 Å². The number of benzene rings is 9. The normalized spacial score (nSPS) is 14.4. The molecule has 52 heavy (non-hydrogen) atoms. The van der Waals surface area contributed by atoms with Crippen LogP contribution in [0.25, 0.3) is 76.9 Å². The summed E-state index contributed by atoms with van der Waals surface area (Å²) in [6.45, 7) is 0. The van der Waals surface area contributed by atoms with Crippen LogP contribution in [0.2, 0.25) is 0 Å². The average molecular weight is 675 g/mol. The monoisotopic (exact) mass is 674 g/mol. The first-order valence-corrected chi connectivity index (χ1v) is 16.9. The summed E-state index contributed by atoms with van der Waals surface area (Å²) < 4.78 is 106. The minimum absolute atomic E-state index is 0.119. The molecule has 0 saturated heterocycles. The molecule has 0 aliphatic carbocycles. The number of furan rings is 1. The summed E-state index contributed by atoms with van der Waals surface area (Å²) in [5.41, 5.74) is 4.68.